The Balaban J connectivity index is 1.85. The van der Waals surface area contributed by atoms with Gasteiger partial charge in [0.25, 0.3) is 0 Å². The van der Waals surface area contributed by atoms with Gasteiger partial charge in [-0.3, -0.25) is 4.99 Å². The van der Waals surface area contributed by atoms with Crippen molar-refractivity contribution in [2.45, 2.75) is 31.3 Å². The Labute approximate surface area is 153 Å². The smallest absolute Gasteiger partial charge is 0.118 e. The minimum atomic E-state index is -0.615. The maximum atomic E-state index is 10.1. The van der Waals surface area contributed by atoms with Crippen LogP contribution in [0.25, 0.3) is 0 Å². The van der Waals surface area contributed by atoms with Crippen LogP contribution in [0.5, 0.6) is 0 Å². The Morgan fingerprint density at radius 1 is 1.20 bits per heavy atom. The van der Waals surface area contributed by atoms with Crippen molar-refractivity contribution >= 4 is 17.9 Å². The lowest BCUT2D eigenvalue weighted by molar-refractivity contribution is 0.166. The summed E-state index contributed by atoms with van der Waals surface area (Å²) in [6, 6.07) is 20.5. The number of hydrogen-bond acceptors (Lipinski definition) is 4. The van der Waals surface area contributed by atoms with Gasteiger partial charge in [-0.05, 0) is 43.0 Å². The summed E-state index contributed by atoms with van der Waals surface area (Å²) < 4.78 is 0. The summed E-state index contributed by atoms with van der Waals surface area (Å²) in [6.45, 7) is 2.59. The van der Waals surface area contributed by atoms with Gasteiger partial charge < -0.3 is 5.43 Å². The van der Waals surface area contributed by atoms with Crippen LogP contribution in [0.1, 0.15) is 24.5 Å². The summed E-state index contributed by atoms with van der Waals surface area (Å²) in [5.41, 5.74) is 4.74. The number of aliphatic imine (C=N–C) groups is 1. The van der Waals surface area contributed by atoms with Gasteiger partial charge in [-0.1, -0.05) is 54.1 Å². The third-order valence-electron chi connectivity index (χ3n) is 4.70. The molecule has 0 amide bonds. The molecule has 2 atom stereocenters. The molecule has 0 bridgehead atoms. The highest BCUT2D eigenvalue weighted by molar-refractivity contribution is 6.30. The maximum Gasteiger partial charge on any atom is 0.118 e. The highest BCUT2D eigenvalue weighted by Gasteiger charge is 2.36. The molecule has 128 valence electrons. The van der Waals surface area contributed by atoms with Crippen LogP contribution in [0.3, 0.4) is 0 Å². The first-order valence-electron chi connectivity index (χ1n) is 8.39. The second kappa shape index (κ2) is 7.69. The molecule has 0 radical (unpaired) electrons. The van der Waals surface area contributed by atoms with Crippen LogP contribution < -0.4 is 5.43 Å². The molecule has 1 aliphatic rings. The van der Waals surface area contributed by atoms with E-state index >= 15 is 0 Å². The third kappa shape index (κ3) is 4.01. The molecule has 0 aromatic heterocycles. The first-order chi connectivity index (χ1) is 12.1. The number of hydrogen-bond donors (Lipinski definition) is 1. The van der Waals surface area contributed by atoms with Crippen LogP contribution >= 0.6 is 11.6 Å². The SMILES string of the molecule is CC1N=CNN1CC(C#N)(CCc1ccc(Cl)cc1)c1ccccc1. The van der Waals surface area contributed by atoms with E-state index in [1.807, 2.05) is 66.5 Å². The van der Waals surface area contributed by atoms with Crippen LogP contribution in [0.2, 0.25) is 5.02 Å². The molecule has 0 aliphatic carbocycles. The average Bonchev–Trinajstić information content (AvgIpc) is 3.05. The molecule has 1 N–H and O–H groups in total. The standard InChI is InChI=1S/C20H21ClN4/c1-16-23-15-24-25(16)14-20(13-22,18-5-3-2-4-6-18)12-11-17-7-9-19(21)10-8-17/h2-10,15-16H,11-12,14H2,1H3,(H,23,24). The molecule has 3 rings (SSSR count). The van der Waals surface area contributed by atoms with Crippen molar-refractivity contribution in [2.24, 2.45) is 4.99 Å². The van der Waals surface area contributed by atoms with Gasteiger partial charge in [0, 0.05) is 11.6 Å². The topological polar surface area (TPSA) is 51.4 Å². The van der Waals surface area contributed by atoms with Crippen LogP contribution in [0, 0.1) is 11.3 Å². The van der Waals surface area contributed by atoms with Gasteiger partial charge in [0.1, 0.15) is 6.17 Å². The Bertz CT molecular complexity index is 767. The Hall–Kier alpha value is -2.35. The van der Waals surface area contributed by atoms with E-state index in [1.54, 1.807) is 6.34 Å². The fourth-order valence-electron chi connectivity index (χ4n) is 3.11. The predicted molar refractivity (Wildman–Crippen MR) is 101 cm³/mol. The van der Waals surface area contributed by atoms with Crippen LogP contribution in [-0.4, -0.2) is 24.1 Å². The molecule has 2 aromatic rings. The molecule has 0 saturated carbocycles. The molecule has 0 fully saturated rings. The lowest BCUT2D eigenvalue weighted by Gasteiger charge is -2.33. The molecular formula is C20H21ClN4. The summed E-state index contributed by atoms with van der Waals surface area (Å²) in [7, 11) is 0. The zero-order valence-corrected chi connectivity index (χ0v) is 14.9. The van der Waals surface area contributed by atoms with Gasteiger partial charge in [0.05, 0.1) is 17.8 Å². The van der Waals surface area contributed by atoms with Gasteiger partial charge in [-0.2, -0.15) is 10.3 Å². The van der Waals surface area contributed by atoms with Crippen molar-refractivity contribution in [3.05, 3.63) is 70.7 Å². The van der Waals surface area contributed by atoms with Crippen molar-refractivity contribution in [3.63, 3.8) is 0 Å². The van der Waals surface area contributed by atoms with Crippen molar-refractivity contribution in [1.82, 2.24) is 10.4 Å². The summed E-state index contributed by atoms with van der Waals surface area (Å²) in [4.78, 5) is 4.32. The Morgan fingerprint density at radius 2 is 1.92 bits per heavy atom. The predicted octanol–water partition coefficient (Wildman–Crippen LogP) is 3.93. The molecule has 2 aromatic carbocycles. The van der Waals surface area contributed by atoms with Crippen LogP contribution in [-0.2, 0) is 11.8 Å². The number of hydrazine groups is 1. The monoisotopic (exact) mass is 352 g/mol. The van der Waals surface area contributed by atoms with Crippen molar-refractivity contribution < 1.29 is 0 Å². The third-order valence-corrected chi connectivity index (χ3v) is 4.95. The minimum absolute atomic E-state index is 0.0203. The molecule has 0 saturated heterocycles. The van der Waals surface area contributed by atoms with Crippen LogP contribution in [0.15, 0.2) is 59.6 Å². The minimum Gasteiger partial charge on any atom is -0.307 e. The largest absolute Gasteiger partial charge is 0.307 e. The van der Waals surface area contributed by atoms with Crippen LogP contribution in [0.4, 0.5) is 0 Å². The van der Waals surface area contributed by atoms with E-state index < -0.39 is 5.41 Å². The van der Waals surface area contributed by atoms with E-state index in [-0.39, 0.29) is 6.17 Å². The maximum absolute atomic E-state index is 10.1. The highest BCUT2D eigenvalue weighted by Crippen LogP contribution is 2.31. The fraction of sp³-hybridized carbons (Fsp3) is 0.300. The quantitative estimate of drug-likeness (QED) is 0.857. The van der Waals surface area contributed by atoms with E-state index in [9.17, 15) is 5.26 Å². The zero-order valence-electron chi connectivity index (χ0n) is 14.2. The van der Waals surface area contributed by atoms with E-state index in [0.29, 0.717) is 6.54 Å². The molecule has 1 aliphatic heterocycles. The number of nitriles is 1. The second-order valence-electron chi connectivity index (χ2n) is 6.35. The highest BCUT2D eigenvalue weighted by atomic mass is 35.5. The van der Waals surface area contributed by atoms with Crippen molar-refractivity contribution in [2.75, 3.05) is 6.54 Å². The number of nitrogens with zero attached hydrogens (tertiary/aromatic N) is 3. The first kappa shape index (κ1) is 17.5. The van der Waals surface area contributed by atoms with Gasteiger partial charge >= 0.3 is 0 Å². The zero-order chi connectivity index (χ0) is 17.7. The van der Waals surface area contributed by atoms with Crippen molar-refractivity contribution in [1.29, 1.82) is 5.26 Å². The molecule has 4 nitrogen and oxygen atoms in total. The lowest BCUT2D eigenvalue weighted by Crippen LogP contribution is -2.47. The molecule has 0 spiro atoms. The second-order valence-corrected chi connectivity index (χ2v) is 6.79. The van der Waals surface area contributed by atoms with E-state index in [2.05, 4.69) is 16.5 Å². The molecule has 25 heavy (non-hydrogen) atoms. The Morgan fingerprint density at radius 3 is 2.52 bits per heavy atom. The number of nitrogens with one attached hydrogen (secondary N) is 1. The molecule has 5 heteroatoms. The van der Waals surface area contributed by atoms with Gasteiger partial charge in [0.2, 0.25) is 0 Å². The van der Waals surface area contributed by atoms with E-state index in [0.717, 1.165) is 23.4 Å². The van der Waals surface area contributed by atoms with Gasteiger partial charge in [0.15, 0.2) is 0 Å². The average molecular weight is 353 g/mol. The summed E-state index contributed by atoms with van der Waals surface area (Å²) in [5, 5.41) is 12.9. The van der Waals surface area contributed by atoms with Crippen molar-refractivity contribution in [3.8, 4) is 6.07 Å². The molecule has 2 unspecified atom stereocenters. The molecule has 1 heterocycles. The lowest BCUT2D eigenvalue weighted by atomic mass is 9.76. The first-order valence-corrected chi connectivity index (χ1v) is 8.76. The van der Waals surface area contributed by atoms with E-state index in [1.165, 1.54) is 5.56 Å². The summed E-state index contributed by atoms with van der Waals surface area (Å²) in [6.07, 6.45) is 3.24. The fourth-order valence-corrected chi connectivity index (χ4v) is 3.23. The normalized spacial score (nSPS) is 19.2. The number of benzene rings is 2. The Kier molecular flexibility index (Phi) is 5.37. The van der Waals surface area contributed by atoms with E-state index in [4.69, 9.17) is 11.6 Å². The number of aryl methyl sites for hydroxylation is 1. The molecular weight excluding hydrogens is 332 g/mol. The number of rotatable bonds is 6. The van der Waals surface area contributed by atoms with Gasteiger partial charge in [-0.15, -0.1) is 0 Å². The number of halogens is 1. The summed E-state index contributed by atoms with van der Waals surface area (Å²) >= 11 is 5.97. The van der Waals surface area contributed by atoms with Gasteiger partial charge in [-0.25, -0.2) is 0 Å². The summed E-state index contributed by atoms with van der Waals surface area (Å²) in [5.74, 6) is 0.